The van der Waals surface area contributed by atoms with Gasteiger partial charge in [-0.05, 0) is 78.1 Å². The van der Waals surface area contributed by atoms with Crippen molar-refractivity contribution in [2.75, 3.05) is 18.5 Å². The predicted molar refractivity (Wildman–Crippen MR) is 240 cm³/mol. The molecule has 0 aliphatic carbocycles. The van der Waals surface area contributed by atoms with E-state index < -0.39 is 18.0 Å². The number of urea groups is 1. The van der Waals surface area contributed by atoms with Gasteiger partial charge in [0.2, 0.25) is 11.8 Å². The molecule has 0 aliphatic heterocycles. The van der Waals surface area contributed by atoms with Crippen LogP contribution in [-0.4, -0.2) is 83.5 Å². The highest BCUT2D eigenvalue weighted by molar-refractivity contribution is 5.95. The number of phenols is 1. The van der Waals surface area contributed by atoms with E-state index >= 15 is 0 Å². The van der Waals surface area contributed by atoms with E-state index in [0.29, 0.717) is 18.7 Å². The van der Waals surface area contributed by atoms with Gasteiger partial charge < -0.3 is 31.7 Å². The predicted octanol–water partition coefficient (Wildman–Crippen LogP) is 4.11. The quantitative estimate of drug-likeness (QED) is 0.0408. The van der Waals surface area contributed by atoms with Gasteiger partial charge in [0.1, 0.15) is 23.2 Å². The Kier molecular flexibility index (Phi) is 14.6. The molecule has 18 heteroatoms. The highest BCUT2D eigenvalue weighted by atomic mass is 16.3. The number of nitrogens with two attached hydrogens (primary N) is 1. The molecule has 7 rings (SSSR count). The number of amides is 4. The number of aromatic nitrogens is 7. The van der Waals surface area contributed by atoms with Gasteiger partial charge in [-0.1, -0.05) is 83.2 Å². The van der Waals surface area contributed by atoms with Crippen LogP contribution >= 0.6 is 0 Å². The number of benzene rings is 4. The van der Waals surface area contributed by atoms with Crippen LogP contribution in [0.5, 0.6) is 5.75 Å². The van der Waals surface area contributed by atoms with Crippen molar-refractivity contribution in [2.45, 2.75) is 44.4 Å². The first kappa shape index (κ1) is 43.7. The standard InChI is InChI=1S/C46H48N14O4/c1-58(37-22-25-48-26-23-37)29-36-31-60(57-55-36)39-18-16-38(17-19-39)59-30-35(54-56-59)28-51-46(64)53-45(47)49-24-8-13-41(43(62)50-27-32-14-20-40(61)21-15-32)52-44(63)42(33-9-4-2-5-10-33)34-11-6-3-7-12-34/h2-7,9-12,14-23,25-26,30-31,41-42,61H,8,13,24,27-29H2,1H3,(H,50,62)(H,52,63)(H4,47,49,51,53,64)/t41-/m1/s1. The summed E-state index contributed by atoms with van der Waals surface area (Å²) in [5.74, 6) is -1.37. The third-order valence-electron chi connectivity index (χ3n) is 10.1. The van der Waals surface area contributed by atoms with Crippen molar-refractivity contribution < 1.29 is 19.5 Å². The number of guanidine groups is 1. The third kappa shape index (κ3) is 12.1. The number of anilines is 1. The summed E-state index contributed by atoms with van der Waals surface area (Å²) >= 11 is 0. The first-order chi connectivity index (χ1) is 31.2. The van der Waals surface area contributed by atoms with E-state index in [9.17, 15) is 19.5 Å². The Bertz CT molecular complexity index is 2580. The topological polar surface area (TPSA) is 235 Å². The smallest absolute Gasteiger partial charge is 0.321 e. The van der Waals surface area contributed by atoms with Crippen LogP contribution in [0.4, 0.5) is 10.5 Å². The van der Waals surface area contributed by atoms with Crippen molar-refractivity contribution in [1.82, 2.24) is 56.2 Å². The Morgan fingerprint density at radius 3 is 1.95 bits per heavy atom. The van der Waals surface area contributed by atoms with Crippen molar-refractivity contribution in [3.05, 3.63) is 174 Å². The molecule has 0 bridgehead atoms. The van der Waals surface area contributed by atoms with E-state index in [4.69, 9.17) is 5.73 Å². The molecule has 4 amide bonds. The Balaban J connectivity index is 0.892. The summed E-state index contributed by atoms with van der Waals surface area (Å²) in [6.45, 7) is 1.01. The Morgan fingerprint density at radius 2 is 1.33 bits per heavy atom. The minimum atomic E-state index is -0.906. The average Bonchev–Trinajstić information content (AvgIpc) is 4.00. The summed E-state index contributed by atoms with van der Waals surface area (Å²) in [5, 5.41) is 37.7. The van der Waals surface area contributed by atoms with Crippen LogP contribution in [-0.2, 0) is 29.2 Å². The lowest BCUT2D eigenvalue weighted by Gasteiger charge is -2.23. The maximum atomic E-state index is 14.0. The number of nitrogens with zero attached hydrogens (tertiary/aromatic N) is 9. The second-order valence-electron chi connectivity index (χ2n) is 14.8. The lowest BCUT2D eigenvalue weighted by molar-refractivity contribution is -0.129. The van der Waals surface area contributed by atoms with Gasteiger partial charge in [0, 0.05) is 38.2 Å². The molecule has 18 nitrogen and oxygen atoms in total. The third-order valence-corrected chi connectivity index (χ3v) is 10.1. The molecular formula is C46H48N14O4. The Hall–Kier alpha value is -8.41. The fourth-order valence-corrected chi connectivity index (χ4v) is 6.80. The van der Waals surface area contributed by atoms with Crippen LogP contribution in [0, 0.1) is 0 Å². The number of carbonyl (C=O) groups excluding carboxylic acids is 3. The molecule has 0 saturated carbocycles. The van der Waals surface area contributed by atoms with E-state index in [1.165, 1.54) is 12.1 Å². The molecule has 7 aromatic rings. The molecule has 1 atom stereocenters. The summed E-state index contributed by atoms with van der Waals surface area (Å²) in [7, 11) is 1.98. The van der Waals surface area contributed by atoms with Crippen molar-refractivity contribution in [3.8, 4) is 17.1 Å². The van der Waals surface area contributed by atoms with Gasteiger partial charge in [-0.2, -0.15) is 0 Å². The van der Waals surface area contributed by atoms with Crippen molar-refractivity contribution in [3.63, 3.8) is 0 Å². The molecular weight excluding hydrogens is 813 g/mol. The van der Waals surface area contributed by atoms with E-state index in [2.05, 4.69) is 56.8 Å². The van der Waals surface area contributed by atoms with Gasteiger partial charge in [0.15, 0.2) is 5.96 Å². The number of aromatic hydroxyl groups is 1. The van der Waals surface area contributed by atoms with Crippen molar-refractivity contribution in [1.29, 1.82) is 0 Å². The van der Waals surface area contributed by atoms with Crippen molar-refractivity contribution in [2.24, 2.45) is 10.7 Å². The molecule has 7 N–H and O–H groups in total. The summed E-state index contributed by atoms with van der Waals surface area (Å²) < 4.78 is 3.30. The van der Waals surface area contributed by atoms with Gasteiger partial charge in [0.05, 0.1) is 42.8 Å². The van der Waals surface area contributed by atoms with Gasteiger partial charge in [0.25, 0.3) is 0 Å². The van der Waals surface area contributed by atoms with Crippen LogP contribution in [0.2, 0.25) is 0 Å². The van der Waals surface area contributed by atoms with E-state index in [1.54, 1.807) is 40.1 Å². The lowest BCUT2D eigenvalue weighted by Crippen LogP contribution is -2.48. The summed E-state index contributed by atoms with van der Waals surface area (Å²) in [6.07, 6.45) is 7.67. The molecule has 0 spiro atoms. The van der Waals surface area contributed by atoms with Crippen LogP contribution in [0.3, 0.4) is 0 Å². The second kappa shape index (κ2) is 21.4. The molecule has 0 unspecified atom stereocenters. The van der Waals surface area contributed by atoms with E-state index in [1.807, 2.05) is 110 Å². The first-order valence-corrected chi connectivity index (χ1v) is 20.5. The summed E-state index contributed by atoms with van der Waals surface area (Å²) in [4.78, 5) is 50.6. The van der Waals surface area contributed by atoms with Crippen LogP contribution in [0.15, 0.2) is 151 Å². The number of rotatable bonds is 18. The Morgan fingerprint density at radius 1 is 0.734 bits per heavy atom. The molecule has 64 heavy (non-hydrogen) atoms. The largest absolute Gasteiger partial charge is 0.508 e. The van der Waals surface area contributed by atoms with E-state index in [-0.39, 0.29) is 49.6 Å². The molecule has 326 valence electrons. The average molecular weight is 861 g/mol. The summed E-state index contributed by atoms with van der Waals surface area (Å²) in [5.41, 5.74) is 12.3. The maximum Gasteiger partial charge on any atom is 0.321 e. The number of aliphatic imine (C=N–C) groups is 1. The van der Waals surface area contributed by atoms with E-state index in [0.717, 1.165) is 39.4 Å². The van der Waals surface area contributed by atoms with Gasteiger partial charge in [-0.3, -0.25) is 24.9 Å². The molecule has 0 fully saturated rings. The van der Waals surface area contributed by atoms with Gasteiger partial charge in [-0.25, -0.2) is 14.2 Å². The SMILES string of the molecule is CN(Cc1cn(-c2ccc(-n3cc(CNC(=O)NC(N)=NCCC[C@@H](NC(=O)C(c4ccccc4)c4ccccc4)C(=O)NCc4ccc(O)cc4)nn3)cc2)nn1)c1ccncc1. The van der Waals surface area contributed by atoms with Crippen LogP contribution in [0.1, 0.15) is 46.8 Å². The number of phenolic OH excluding ortho intramolecular Hbond substituents is 1. The number of hydrogen-bond acceptors (Lipinski definition) is 11. The maximum absolute atomic E-state index is 14.0. The normalized spacial score (nSPS) is 11.8. The number of pyridine rings is 1. The zero-order valence-corrected chi connectivity index (χ0v) is 35.0. The molecule has 3 aromatic heterocycles. The monoisotopic (exact) mass is 860 g/mol. The first-order valence-electron chi connectivity index (χ1n) is 20.5. The molecule has 4 aromatic carbocycles. The molecule has 0 saturated heterocycles. The highest BCUT2D eigenvalue weighted by Crippen LogP contribution is 2.25. The van der Waals surface area contributed by atoms with Crippen molar-refractivity contribution >= 4 is 29.5 Å². The molecule has 3 heterocycles. The zero-order chi connectivity index (χ0) is 44.7. The molecule has 0 radical (unpaired) electrons. The number of carbonyl (C=O) groups is 3. The zero-order valence-electron chi connectivity index (χ0n) is 35.0. The Labute approximate surface area is 369 Å². The lowest BCUT2D eigenvalue weighted by atomic mass is 9.90. The minimum absolute atomic E-state index is 0.0699. The summed E-state index contributed by atoms with van der Waals surface area (Å²) in [6, 6.07) is 35.1. The number of hydrogen-bond donors (Lipinski definition) is 6. The highest BCUT2D eigenvalue weighted by Gasteiger charge is 2.28. The van der Waals surface area contributed by atoms with Gasteiger partial charge >= 0.3 is 6.03 Å². The minimum Gasteiger partial charge on any atom is -0.508 e. The number of nitrogens with one attached hydrogen (secondary N) is 4. The van der Waals surface area contributed by atoms with Crippen LogP contribution < -0.4 is 31.9 Å². The second-order valence-corrected chi connectivity index (χ2v) is 14.8. The van der Waals surface area contributed by atoms with Crippen LogP contribution in [0.25, 0.3) is 11.4 Å². The van der Waals surface area contributed by atoms with Gasteiger partial charge in [-0.15, -0.1) is 10.2 Å². The fraction of sp³-hybridized carbons (Fsp3) is 0.196. The fourth-order valence-electron chi connectivity index (χ4n) is 6.80. The molecule has 0 aliphatic rings.